The van der Waals surface area contributed by atoms with Crippen LogP contribution in [-0.2, 0) is 0 Å². The van der Waals surface area contributed by atoms with Gasteiger partial charge in [-0.1, -0.05) is 90.5 Å². The van der Waals surface area contributed by atoms with E-state index in [2.05, 4.69) is 78.9 Å². The second kappa shape index (κ2) is 6.34. The van der Waals surface area contributed by atoms with Gasteiger partial charge in [0, 0.05) is 22.8 Å². The lowest BCUT2D eigenvalue weighted by Crippen LogP contribution is -2.16. The molecule has 0 saturated heterocycles. The van der Waals surface area contributed by atoms with Crippen molar-refractivity contribution in [3.63, 3.8) is 0 Å². The Hall–Kier alpha value is -3.06. The molecule has 0 radical (unpaired) electrons. The lowest BCUT2D eigenvalue weighted by Gasteiger charge is -2.32. The SMILES string of the molecule is C1=C(C(c2ccccc2)c2coc3ccccc23)CC1c1ccccc1. The van der Waals surface area contributed by atoms with Crippen LogP contribution in [0.2, 0.25) is 0 Å². The first-order valence-electron chi connectivity index (χ1n) is 9.17. The minimum atomic E-state index is 0.264. The molecule has 4 aromatic rings. The smallest absolute Gasteiger partial charge is 0.134 e. The zero-order valence-corrected chi connectivity index (χ0v) is 14.5. The molecular formula is C25H20O. The number of allylic oxidation sites excluding steroid dienone is 2. The van der Waals surface area contributed by atoms with Gasteiger partial charge in [0.1, 0.15) is 5.58 Å². The number of para-hydroxylation sites is 1. The lowest BCUT2D eigenvalue weighted by atomic mass is 9.71. The maximum Gasteiger partial charge on any atom is 0.134 e. The van der Waals surface area contributed by atoms with Gasteiger partial charge in [0.25, 0.3) is 0 Å². The molecular weight excluding hydrogens is 316 g/mol. The zero-order chi connectivity index (χ0) is 17.3. The van der Waals surface area contributed by atoms with E-state index in [0.29, 0.717) is 5.92 Å². The number of fused-ring (bicyclic) bond motifs is 1. The molecule has 2 unspecified atom stereocenters. The van der Waals surface area contributed by atoms with E-state index < -0.39 is 0 Å². The van der Waals surface area contributed by atoms with E-state index in [1.165, 1.54) is 27.6 Å². The lowest BCUT2D eigenvalue weighted by molar-refractivity contribution is 0.604. The summed E-state index contributed by atoms with van der Waals surface area (Å²) < 4.78 is 5.85. The Morgan fingerprint density at radius 3 is 2.19 bits per heavy atom. The first kappa shape index (κ1) is 15.2. The molecule has 1 aliphatic rings. The van der Waals surface area contributed by atoms with Crippen molar-refractivity contribution in [2.24, 2.45) is 0 Å². The van der Waals surface area contributed by atoms with Gasteiger partial charge in [0.15, 0.2) is 0 Å². The Labute approximate surface area is 153 Å². The van der Waals surface area contributed by atoms with Gasteiger partial charge >= 0.3 is 0 Å². The van der Waals surface area contributed by atoms with Crippen molar-refractivity contribution in [3.05, 3.63) is 120 Å². The quantitative estimate of drug-likeness (QED) is 0.379. The molecule has 126 valence electrons. The van der Waals surface area contributed by atoms with E-state index >= 15 is 0 Å². The Morgan fingerprint density at radius 2 is 1.42 bits per heavy atom. The molecule has 0 aliphatic heterocycles. The predicted octanol–water partition coefficient (Wildman–Crippen LogP) is 6.68. The normalized spacial score (nSPS) is 17.5. The van der Waals surface area contributed by atoms with Gasteiger partial charge in [-0.15, -0.1) is 0 Å². The molecule has 1 nitrogen and oxygen atoms in total. The van der Waals surface area contributed by atoms with E-state index in [4.69, 9.17) is 4.42 Å². The predicted molar refractivity (Wildman–Crippen MR) is 106 cm³/mol. The summed E-state index contributed by atoms with van der Waals surface area (Å²) in [6, 6.07) is 29.9. The molecule has 1 aliphatic carbocycles. The third-order valence-electron chi connectivity index (χ3n) is 5.42. The van der Waals surface area contributed by atoms with Crippen LogP contribution in [0.4, 0.5) is 0 Å². The summed E-state index contributed by atoms with van der Waals surface area (Å²) in [5, 5.41) is 1.21. The van der Waals surface area contributed by atoms with Gasteiger partial charge in [-0.05, 0) is 23.6 Å². The average Bonchev–Trinajstić information content (AvgIpc) is 3.09. The van der Waals surface area contributed by atoms with E-state index in [1.54, 1.807) is 0 Å². The second-order valence-electron chi connectivity index (χ2n) is 6.99. The molecule has 0 fully saturated rings. The number of hydrogen-bond acceptors (Lipinski definition) is 1. The van der Waals surface area contributed by atoms with Crippen molar-refractivity contribution in [2.45, 2.75) is 18.3 Å². The maximum atomic E-state index is 5.85. The third kappa shape index (κ3) is 2.57. The van der Waals surface area contributed by atoms with Crippen molar-refractivity contribution in [1.82, 2.24) is 0 Å². The maximum absolute atomic E-state index is 5.85. The second-order valence-corrected chi connectivity index (χ2v) is 6.99. The number of hydrogen-bond donors (Lipinski definition) is 0. The topological polar surface area (TPSA) is 13.1 Å². The molecule has 26 heavy (non-hydrogen) atoms. The number of rotatable bonds is 4. The van der Waals surface area contributed by atoms with Gasteiger partial charge < -0.3 is 4.42 Å². The van der Waals surface area contributed by atoms with E-state index in [-0.39, 0.29) is 5.92 Å². The van der Waals surface area contributed by atoms with Gasteiger partial charge in [0.05, 0.1) is 6.26 Å². The monoisotopic (exact) mass is 336 g/mol. The van der Waals surface area contributed by atoms with Gasteiger partial charge in [0.2, 0.25) is 0 Å². The first-order valence-corrected chi connectivity index (χ1v) is 9.17. The highest BCUT2D eigenvalue weighted by molar-refractivity contribution is 5.82. The fraction of sp³-hybridized carbons (Fsp3) is 0.120. The number of furan rings is 1. The molecule has 0 saturated carbocycles. The van der Waals surface area contributed by atoms with Crippen LogP contribution in [0.1, 0.15) is 34.9 Å². The summed E-state index contributed by atoms with van der Waals surface area (Å²) in [6.07, 6.45) is 5.48. The molecule has 2 atom stereocenters. The molecule has 0 amide bonds. The van der Waals surface area contributed by atoms with Gasteiger partial charge in [-0.3, -0.25) is 0 Å². The fourth-order valence-corrected chi connectivity index (χ4v) is 4.07. The van der Waals surface area contributed by atoms with Gasteiger partial charge in [-0.2, -0.15) is 0 Å². The highest BCUT2D eigenvalue weighted by Gasteiger charge is 2.30. The van der Waals surface area contributed by atoms with Crippen LogP contribution in [0.5, 0.6) is 0 Å². The highest BCUT2D eigenvalue weighted by atomic mass is 16.3. The summed E-state index contributed by atoms with van der Waals surface area (Å²) in [5.74, 6) is 0.787. The first-order chi connectivity index (χ1) is 12.9. The summed E-state index contributed by atoms with van der Waals surface area (Å²) in [6.45, 7) is 0. The molecule has 5 rings (SSSR count). The van der Waals surface area contributed by atoms with Crippen LogP contribution in [0.25, 0.3) is 11.0 Å². The Morgan fingerprint density at radius 1 is 0.769 bits per heavy atom. The Balaban J connectivity index is 1.58. The molecule has 1 heteroatoms. The Kier molecular flexibility index (Phi) is 3.71. The standard InChI is InChI=1S/C25H20O/c1-3-9-18(10-4-1)20-15-21(16-20)25(19-11-5-2-6-12-19)23-17-26-24-14-8-7-13-22(23)24/h1-15,17,20,25H,16H2. The Bertz CT molecular complexity index is 1060. The molecule has 0 bridgehead atoms. The minimum absolute atomic E-state index is 0.264. The van der Waals surface area contributed by atoms with Crippen molar-refractivity contribution in [3.8, 4) is 0 Å². The van der Waals surface area contributed by atoms with Crippen molar-refractivity contribution < 1.29 is 4.42 Å². The minimum Gasteiger partial charge on any atom is -0.464 e. The summed E-state index contributed by atoms with van der Waals surface area (Å²) in [7, 11) is 0. The van der Waals surface area contributed by atoms with E-state index in [9.17, 15) is 0 Å². The zero-order valence-electron chi connectivity index (χ0n) is 14.5. The van der Waals surface area contributed by atoms with Crippen molar-refractivity contribution in [2.75, 3.05) is 0 Å². The van der Waals surface area contributed by atoms with Crippen molar-refractivity contribution in [1.29, 1.82) is 0 Å². The van der Waals surface area contributed by atoms with Crippen LogP contribution in [0, 0.1) is 0 Å². The average molecular weight is 336 g/mol. The summed E-state index contributed by atoms with van der Waals surface area (Å²) in [5.41, 5.74) is 6.45. The molecule has 3 aromatic carbocycles. The fourth-order valence-electron chi connectivity index (χ4n) is 4.07. The van der Waals surface area contributed by atoms with E-state index in [1.807, 2.05) is 18.4 Å². The summed E-state index contributed by atoms with van der Waals surface area (Å²) in [4.78, 5) is 0. The molecule has 0 N–H and O–H groups in total. The van der Waals surface area contributed by atoms with Crippen LogP contribution < -0.4 is 0 Å². The largest absolute Gasteiger partial charge is 0.464 e. The van der Waals surface area contributed by atoms with Crippen LogP contribution in [-0.4, -0.2) is 0 Å². The molecule has 1 aromatic heterocycles. The van der Waals surface area contributed by atoms with Gasteiger partial charge in [-0.25, -0.2) is 0 Å². The van der Waals surface area contributed by atoms with Crippen LogP contribution >= 0.6 is 0 Å². The number of benzene rings is 3. The highest BCUT2D eigenvalue weighted by Crippen LogP contribution is 2.47. The van der Waals surface area contributed by atoms with Crippen LogP contribution in [0.3, 0.4) is 0 Å². The third-order valence-corrected chi connectivity index (χ3v) is 5.42. The molecule has 0 spiro atoms. The van der Waals surface area contributed by atoms with Crippen LogP contribution in [0.15, 0.2) is 107 Å². The molecule has 1 heterocycles. The van der Waals surface area contributed by atoms with E-state index in [0.717, 1.165) is 12.0 Å². The summed E-state index contributed by atoms with van der Waals surface area (Å²) >= 11 is 0. The van der Waals surface area contributed by atoms with Crippen molar-refractivity contribution >= 4 is 11.0 Å².